The number of nitrogens with one attached hydrogen (secondary N) is 1. The molecule has 1 aliphatic heterocycles. The number of aromatic nitrogens is 1. The molecule has 0 saturated heterocycles. The van der Waals surface area contributed by atoms with E-state index in [9.17, 15) is 18.4 Å². The zero-order valence-electron chi connectivity index (χ0n) is 19.7. The Morgan fingerprint density at radius 3 is 2.60 bits per heavy atom. The van der Waals surface area contributed by atoms with Crippen molar-refractivity contribution in [2.24, 2.45) is 0 Å². The van der Waals surface area contributed by atoms with Crippen molar-refractivity contribution in [3.63, 3.8) is 0 Å². The van der Waals surface area contributed by atoms with Gasteiger partial charge < -0.3 is 24.4 Å². The number of urea groups is 1. The molecule has 7 nitrogen and oxygen atoms in total. The van der Waals surface area contributed by atoms with Crippen LogP contribution in [0.4, 0.5) is 19.3 Å². The quantitative estimate of drug-likeness (QED) is 0.549. The van der Waals surface area contributed by atoms with Crippen LogP contribution in [-0.2, 0) is 16.1 Å². The Kier molecular flexibility index (Phi) is 7.45. The monoisotopic (exact) mass is 482 g/mol. The first-order valence-electron chi connectivity index (χ1n) is 11.4. The maximum atomic E-state index is 14.1. The third-order valence-corrected chi connectivity index (χ3v) is 6.10. The number of carbonyl (C=O) groups excluding carboxylic acids is 2. The number of hydrogen-bond acceptors (Lipinski definition) is 3. The van der Waals surface area contributed by atoms with Gasteiger partial charge in [-0.1, -0.05) is 29.8 Å². The van der Waals surface area contributed by atoms with Crippen LogP contribution in [0.1, 0.15) is 22.9 Å². The second-order valence-electron chi connectivity index (χ2n) is 8.50. The van der Waals surface area contributed by atoms with Gasteiger partial charge in [-0.15, -0.1) is 0 Å². The molecule has 9 heteroatoms. The van der Waals surface area contributed by atoms with Gasteiger partial charge in [-0.25, -0.2) is 13.6 Å². The fourth-order valence-electron chi connectivity index (χ4n) is 4.24. The van der Waals surface area contributed by atoms with Crippen molar-refractivity contribution < 1.29 is 23.1 Å². The molecule has 1 aliphatic rings. The maximum absolute atomic E-state index is 14.1. The lowest BCUT2D eigenvalue weighted by Gasteiger charge is -2.38. The highest BCUT2D eigenvalue weighted by Gasteiger charge is 2.33. The van der Waals surface area contributed by atoms with E-state index in [1.54, 1.807) is 4.90 Å². The number of methoxy groups -OCH3 is 1. The highest BCUT2D eigenvalue weighted by molar-refractivity contribution is 5.92. The van der Waals surface area contributed by atoms with E-state index in [0.29, 0.717) is 19.2 Å². The van der Waals surface area contributed by atoms with E-state index < -0.39 is 17.7 Å². The number of nitrogens with zero attached hydrogens (tertiary/aromatic N) is 3. The fraction of sp³-hybridized carbons (Fsp3) is 0.308. The topological polar surface area (TPSA) is 66.8 Å². The lowest BCUT2D eigenvalue weighted by molar-refractivity contribution is -0.134. The number of ether oxygens (including phenoxy) is 1. The van der Waals surface area contributed by atoms with Gasteiger partial charge in [0.2, 0.25) is 5.91 Å². The summed E-state index contributed by atoms with van der Waals surface area (Å²) in [6.07, 6.45) is 1.99. The summed E-state index contributed by atoms with van der Waals surface area (Å²) >= 11 is 0. The zero-order valence-corrected chi connectivity index (χ0v) is 19.7. The number of halogens is 2. The molecular formula is C26H28F2N4O3. The standard InChI is InChI=1S/C26H28F2N4O3/c1-18-5-7-19(8-6-18)25-23-4-3-11-30(23)12-13-32(25)24(33)17-31(14-15-35-2)26(34)29-22-10-9-20(27)16-21(22)28/h3-11,16,25H,12-15,17H2,1-2H3,(H,29,34)/t25-/m0/s1. The summed E-state index contributed by atoms with van der Waals surface area (Å²) in [6.45, 7) is 3.22. The molecule has 2 aromatic carbocycles. The maximum Gasteiger partial charge on any atom is 0.322 e. The molecule has 0 aliphatic carbocycles. The molecule has 2 heterocycles. The van der Waals surface area contributed by atoms with Crippen molar-refractivity contribution in [1.29, 1.82) is 0 Å². The summed E-state index contributed by atoms with van der Waals surface area (Å²) in [7, 11) is 1.49. The van der Waals surface area contributed by atoms with Crippen LogP contribution >= 0.6 is 0 Å². The third-order valence-electron chi connectivity index (χ3n) is 6.10. The first-order valence-corrected chi connectivity index (χ1v) is 11.4. The van der Waals surface area contributed by atoms with E-state index in [1.807, 2.05) is 49.5 Å². The summed E-state index contributed by atoms with van der Waals surface area (Å²) < 4.78 is 34.5. The predicted octanol–water partition coefficient (Wildman–Crippen LogP) is 4.19. The minimum absolute atomic E-state index is 0.121. The van der Waals surface area contributed by atoms with Crippen molar-refractivity contribution in [2.75, 3.05) is 38.7 Å². The van der Waals surface area contributed by atoms with Gasteiger partial charge in [0.05, 0.1) is 18.3 Å². The molecule has 0 saturated carbocycles. The molecule has 3 aromatic rings. The summed E-state index contributed by atoms with van der Waals surface area (Å²) in [4.78, 5) is 29.5. The lowest BCUT2D eigenvalue weighted by Crippen LogP contribution is -2.49. The molecular weight excluding hydrogens is 454 g/mol. The van der Waals surface area contributed by atoms with Gasteiger partial charge >= 0.3 is 6.03 Å². The number of rotatable bonds is 7. The molecule has 3 amide bonds. The fourth-order valence-corrected chi connectivity index (χ4v) is 4.24. The van der Waals surface area contributed by atoms with E-state index >= 15 is 0 Å². The van der Waals surface area contributed by atoms with Crippen LogP contribution in [0, 0.1) is 18.6 Å². The second kappa shape index (κ2) is 10.7. The van der Waals surface area contributed by atoms with Gasteiger partial charge in [-0.3, -0.25) is 4.79 Å². The molecule has 35 heavy (non-hydrogen) atoms. The van der Waals surface area contributed by atoms with Gasteiger partial charge in [0.25, 0.3) is 0 Å². The van der Waals surface area contributed by atoms with Crippen molar-refractivity contribution in [2.45, 2.75) is 19.5 Å². The summed E-state index contributed by atoms with van der Waals surface area (Å²) in [6, 6.07) is 13.9. The number of fused-ring (bicyclic) bond motifs is 1. The molecule has 1 N–H and O–H groups in total. The SMILES string of the molecule is COCCN(CC(=O)N1CCn2cccc2[C@@H]1c1ccc(C)cc1)C(=O)Nc1ccc(F)cc1F. The number of anilines is 1. The van der Waals surface area contributed by atoms with Crippen molar-refractivity contribution in [3.8, 4) is 0 Å². The number of amides is 3. The van der Waals surface area contributed by atoms with Gasteiger partial charge in [-0.05, 0) is 36.8 Å². The summed E-state index contributed by atoms with van der Waals surface area (Å²) in [5, 5.41) is 2.43. The van der Waals surface area contributed by atoms with Gasteiger partial charge in [0.1, 0.15) is 18.2 Å². The Balaban J connectivity index is 1.56. The lowest BCUT2D eigenvalue weighted by atomic mass is 9.98. The Bertz CT molecular complexity index is 1200. The summed E-state index contributed by atoms with van der Waals surface area (Å²) in [5.74, 6) is -1.88. The van der Waals surface area contributed by atoms with E-state index in [4.69, 9.17) is 4.74 Å². The van der Waals surface area contributed by atoms with E-state index in [2.05, 4.69) is 9.88 Å². The first-order chi connectivity index (χ1) is 16.9. The molecule has 0 bridgehead atoms. The van der Waals surface area contributed by atoms with Crippen LogP contribution in [-0.4, -0.2) is 59.7 Å². The Morgan fingerprint density at radius 2 is 1.89 bits per heavy atom. The van der Waals surface area contributed by atoms with Crippen LogP contribution in [0.2, 0.25) is 0 Å². The van der Waals surface area contributed by atoms with Crippen molar-refractivity contribution >= 4 is 17.6 Å². The molecule has 184 valence electrons. The van der Waals surface area contributed by atoms with Crippen LogP contribution in [0.5, 0.6) is 0 Å². The summed E-state index contributed by atoms with van der Waals surface area (Å²) in [5.41, 5.74) is 2.92. The van der Waals surface area contributed by atoms with Crippen LogP contribution < -0.4 is 5.32 Å². The average molecular weight is 483 g/mol. The second-order valence-corrected chi connectivity index (χ2v) is 8.50. The van der Waals surface area contributed by atoms with E-state index in [-0.39, 0.29) is 37.3 Å². The third kappa shape index (κ3) is 5.51. The molecule has 0 unspecified atom stereocenters. The van der Waals surface area contributed by atoms with Crippen molar-refractivity contribution in [1.82, 2.24) is 14.4 Å². The minimum Gasteiger partial charge on any atom is -0.383 e. The average Bonchev–Trinajstić information content (AvgIpc) is 3.32. The largest absolute Gasteiger partial charge is 0.383 e. The normalized spacial score (nSPS) is 15.0. The highest BCUT2D eigenvalue weighted by Crippen LogP contribution is 2.32. The molecule has 0 fully saturated rings. The molecule has 1 atom stereocenters. The number of hydrogen-bond donors (Lipinski definition) is 1. The van der Waals surface area contributed by atoms with Gasteiger partial charge in [0.15, 0.2) is 0 Å². The Morgan fingerprint density at radius 1 is 1.11 bits per heavy atom. The van der Waals surface area contributed by atoms with Gasteiger partial charge in [-0.2, -0.15) is 0 Å². The first kappa shape index (κ1) is 24.4. The number of benzene rings is 2. The molecule has 0 spiro atoms. The Labute approximate surface area is 202 Å². The molecule has 4 rings (SSSR count). The molecule has 1 aromatic heterocycles. The Hall–Kier alpha value is -3.72. The predicted molar refractivity (Wildman–Crippen MR) is 128 cm³/mol. The molecule has 0 radical (unpaired) electrons. The highest BCUT2D eigenvalue weighted by atomic mass is 19.1. The number of aryl methyl sites for hydroxylation is 1. The number of carbonyl (C=O) groups is 2. The van der Waals surface area contributed by atoms with E-state index in [0.717, 1.165) is 29.0 Å². The van der Waals surface area contributed by atoms with Gasteiger partial charge in [0, 0.05) is 44.7 Å². The zero-order chi connectivity index (χ0) is 24.9. The van der Waals surface area contributed by atoms with Crippen LogP contribution in [0.3, 0.4) is 0 Å². The van der Waals surface area contributed by atoms with Crippen LogP contribution in [0.25, 0.3) is 0 Å². The van der Waals surface area contributed by atoms with Crippen LogP contribution in [0.15, 0.2) is 60.8 Å². The minimum atomic E-state index is -0.896. The van der Waals surface area contributed by atoms with E-state index in [1.165, 1.54) is 12.0 Å². The van der Waals surface area contributed by atoms with Crippen molar-refractivity contribution in [3.05, 3.63) is 89.2 Å². The smallest absolute Gasteiger partial charge is 0.322 e.